The molecule has 148 valence electrons. The van der Waals surface area contributed by atoms with E-state index in [0.717, 1.165) is 38.2 Å². The zero-order valence-corrected chi connectivity index (χ0v) is 15.4. The highest BCUT2D eigenvalue weighted by atomic mass is 19.1. The Labute approximate surface area is 162 Å². The predicted octanol–water partition coefficient (Wildman–Crippen LogP) is 2.61. The molecule has 0 aliphatic heterocycles. The lowest BCUT2D eigenvalue weighted by Gasteiger charge is -2.25. The fourth-order valence-corrected chi connectivity index (χ4v) is 3.37. The fraction of sp³-hybridized carbons (Fsp3) is 0.350. The Bertz CT molecular complexity index is 868. The summed E-state index contributed by atoms with van der Waals surface area (Å²) in [6.45, 7) is 0. The molecule has 2 aromatic rings. The number of pyridine rings is 1. The normalized spacial score (nSPS) is 15.6. The molecule has 7 nitrogen and oxygen atoms in total. The van der Waals surface area contributed by atoms with Crippen molar-refractivity contribution in [2.24, 2.45) is 5.73 Å². The van der Waals surface area contributed by atoms with Crippen LogP contribution in [-0.2, 0) is 9.59 Å². The molecule has 3 rings (SSSR count). The Morgan fingerprint density at radius 3 is 2.57 bits per heavy atom. The minimum absolute atomic E-state index is 0.0210. The van der Waals surface area contributed by atoms with E-state index in [0.29, 0.717) is 5.75 Å². The van der Waals surface area contributed by atoms with Crippen LogP contribution in [0, 0.1) is 5.82 Å². The number of nitrogens with one attached hydrogen (secondary N) is 1. The number of carbonyl (C=O) groups is 2. The standard InChI is InChI=1S/C20H23FN4O3/c21-15-10-12(6-7-16(15)28-14-8-9-24-17(22)11-14)18(19(23)26)20(27)25-13-4-2-1-3-5-13/h6-11,13,18H,1-5H2,(H2,22,24)(H2,23,26)(H,25,27). The number of rotatable bonds is 6. The van der Waals surface area contributed by atoms with Crippen LogP contribution in [0.15, 0.2) is 36.5 Å². The number of hydrogen-bond acceptors (Lipinski definition) is 5. The molecule has 8 heteroatoms. The number of nitrogens with two attached hydrogens (primary N) is 2. The Kier molecular flexibility index (Phi) is 6.08. The van der Waals surface area contributed by atoms with E-state index < -0.39 is 23.5 Å². The van der Waals surface area contributed by atoms with Gasteiger partial charge in [0.2, 0.25) is 11.8 Å². The van der Waals surface area contributed by atoms with Crippen molar-refractivity contribution >= 4 is 17.6 Å². The van der Waals surface area contributed by atoms with E-state index in [9.17, 15) is 14.0 Å². The molecule has 0 bridgehead atoms. The van der Waals surface area contributed by atoms with Gasteiger partial charge >= 0.3 is 0 Å². The summed E-state index contributed by atoms with van der Waals surface area (Å²) in [7, 11) is 0. The van der Waals surface area contributed by atoms with Gasteiger partial charge in [-0.3, -0.25) is 9.59 Å². The highest BCUT2D eigenvalue weighted by Crippen LogP contribution is 2.28. The molecular weight excluding hydrogens is 363 g/mol. The summed E-state index contributed by atoms with van der Waals surface area (Å²) in [6, 6.07) is 6.91. The van der Waals surface area contributed by atoms with Crippen LogP contribution in [0.3, 0.4) is 0 Å². The zero-order valence-electron chi connectivity index (χ0n) is 15.4. The van der Waals surface area contributed by atoms with Gasteiger partial charge in [-0.2, -0.15) is 0 Å². The number of benzene rings is 1. The van der Waals surface area contributed by atoms with Crippen molar-refractivity contribution in [2.75, 3.05) is 5.73 Å². The lowest BCUT2D eigenvalue weighted by atomic mass is 9.93. The summed E-state index contributed by atoms with van der Waals surface area (Å²) in [6.07, 6.45) is 6.39. The number of amides is 2. The topological polar surface area (TPSA) is 120 Å². The molecule has 1 aliphatic rings. The van der Waals surface area contributed by atoms with E-state index in [2.05, 4.69) is 10.3 Å². The number of ether oxygens (including phenoxy) is 1. The lowest BCUT2D eigenvalue weighted by molar-refractivity contribution is -0.130. The maximum atomic E-state index is 14.5. The predicted molar refractivity (Wildman–Crippen MR) is 102 cm³/mol. The smallest absolute Gasteiger partial charge is 0.237 e. The van der Waals surface area contributed by atoms with Crippen molar-refractivity contribution in [3.63, 3.8) is 0 Å². The Morgan fingerprint density at radius 2 is 1.93 bits per heavy atom. The Morgan fingerprint density at radius 1 is 1.18 bits per heavy atom. The number of hydrogen-bond donors (Lipinski definition) is 3. The summed E-state index contributed by atoms with van der Waals surface area (Å²) >= 11 is 0. The van der Waals surface area contributed by atoms with Gasteiger partial charge in [0, 0.05) is 18.3 Å². The average molecular weight is 386 g/mol. The van der Waals surface area contributed by atoms with E-state index in [1.807, 2.05) is 0 Å². The molecule has 1 heterocycles. The largest absolute Gasteiger partial charge is 0.454 e. The van der Waals surface area contributed by atoms with Gasteiger partial charge in [0.25, 0.3) is 0 Å². The van der Waals surface area contributed by atoms with Crippen LogP contribution in [0.25, 0.3) is 0 Å². The van der Waals surface area contributed by atoms with Crippen LogP contribution in [0.2, 0.25) is 0 Å². The number of anilines is 1. The van der Waals surface area contributed by atoms with Crippen LogP contribution in [0.4, 0.5) is 10.2 Å². The van der Waals surface area contributed by atoms with E-state index in [1.165, 1.54) is 30.5 Å². The third-order valence-corrected chi connectivity index (χ3v) is 4.77. The molecule has 1 atom stereocenters. The molecule has 0 spiro atoms. The van der Waals surface area contributed by atoms with Gasteiger partial charge in [0.15, 0.2) is 11.6 Å². The van der Waals surface area contributed by atoms with Gasteiger partial charge in [0.1, 0.15) is 17.5 Å². The third kappa shape index (κ3) is 4.76. The lowest BCUT2D eigenvalue weighted by Crippen LogP contribution is -2.43. The van der Waals surface area contributed by atoms with Gasteiger partial charge in [-0.05, 0) is 36.6 Å². The van der Waals surface area contributed by atoms with Gasteiger partial charge in [-0.25, -0.2) is 9.37 Å². The van der Waals surface area contributed by atoms with E-state index >= 15 is 0 Å². The monoisotopic (exact) mass is 386 g/mol. The van der Waals surface area contributed by atoms with Crippen molar-refractivity contribution in [3.8, 4) is 11.5 Å². The molecule has 1 unspecified atom stereocenters. The fourth-order valence-electron chi connectivity index (χ4n) is 3.37. The molecule has 1 saturated carbocycles. The van der Waals surface area contributed by atoms with E-state index in [1.54, 1.807) is 0 Å². The summed E-state index contributed by atoms with van der Waals surface area (Å²) in [4.78, 5) is 28.3. The Balaban J connectivity index is 1.76. The SMILES string of the molecule is NC(=O)C(C(=O)NC1CCCCC1)c1ccc(Oc2ccnc(N)c2)c(F)c1. The highest BCUT2D eigenvalue weighted by molar-refractivity contribution is 6.05. The molecule has 0 saturated heterocycles. The third-order valence-electron chi connectivity index (χ3n) is 4.77. The molecule has 2 amide bonds. The second-order valence-electron chi connectivity index (χ2n) is 6.89. The number of halogens is 1. The van der Waals surface area contributed by atoms with Crippen LogP contribution < -0.4 is 21.5 Å². The number of nitrogens with zero attached hydrogens (tertiary/aromatic N) is 1. The van der Waals surface area contributed by atoms with Crippen molar-refractivity contribution in [1.29, 1.82) is 0 Å². The zero-order chi connectivity index (χ0) is 20.1. The highest BCUT2D eigenvalue weighted by Gasteiger charge is 2.29. The quantitative estimate of drug-likeness (QED) is 0.659. The number of nitrogen functional groups attached to an aromatic ring is 1. The first-order chi connectivity index (χ1) is 13.4. The van der Waals surface area contributed by atoms with Crippen LogP contribution >= 0.6 is 0 Å². The molecule has 1 fully saturated rings. The minimum Gasteiger partial charge on any atom is -0.454 e. The first-order valence-corrected chi connectivity index (χ1v) is 9.22. The first kappa shape index (κ1) is 19.6. The van der Waals surface area contributed by atoms with Crippen molar-refractivity contribution in [2.45, 2.75) is 44.1 Å². The number of primary amides is 1. The van der Waals surface area contributed by atoms with Crippen molar-refractivity contribution in [1.82, 2.24) is 10.3 Å². The van der Waals surface area contributed by atoms with Gasteiger partial charge in [-0.15, -0.1) is 0 Å². The summed E-state index contributed by atoms with van der Waals surface area (Å²) < 4.78 is 20.0. The van der Waals surface area contributed by atoms with Crippen molar-refractivity contribution < 1.29 is 18.7 Å². The van der Waals surface area contributed by atoms with Crippen LogP contribution in [-0.4, -0.2) is 22.8 Å². The average Bonchev–Trinajstić information content (AvgIpc) is 2.64. The minimum atomic E-state index is -1.26. The summed E-state index contributed by atoms with van der Waals surface area (Å²) in [5.74, 6) is -2.82. The molecule has 5 N–H and O–H groups in total. The Hall–Kier alpha value is -3.16. The summed E-state index contributed by atoms with van der Waals surface area (Å²) in [5.41, 5.74) is 11.2. The second kappa shape index (κ2) is 8.69. The van der Waals surface area contributed by atoms with Crippen molar-refractivity contribution in [3.05, 3.63) is 47.9 Å². The molecule has 1 aromatic carbocycles. The van der Waals surface area contributed by atoms with E-state index in [-0.39, 0.29) is 23.2 Å². The van der Waals surface area contributed by atoms with E-state index in [4.69, 9.17) is 16.2 Å². The van der Waals surface area contributed by atoms with Gasteiger partial charge < -0.3 is 21.5 Å². The number of aromatic nitrogens is 1. The van der Waals surface area contributed by atoms with Gasteiger partial charge in [-0.1, -0.05) is 25.3 Å². The maximum absolute atomic E-state index is 14.5. The summed E-state index contributed by atoms with van der Waals surface area (Å²) in [5, 5.41) is 2.86. The molecular formula is C20H23FN4O3. The molecule has 1 aromatic heterocycles. The number of carbonyl (C=O) groups excluding carboxylic acids is 2. The van der Waals surface area contributed by atoms with Crippen LogP contribution in [0.5, 0.6) is 11.5 Å². The molecule has 0 radical (unpaired) electrons. The first-order valence-electron chi connectivity index (χ1n) is 9.22. The maximum Gasteiger partial charge on any atom is 0.237 e. The van der Waals surface area contributed by atoms with Crippen LogP contribution in [0.1, 0.15) is 43.6 Å². The second-order valence-corrected chi connectivity index (χ2v) is 6.89. The van der Waals surface area contributed by atoms with Gasteiger partial charge in [0.05, 0.1) is 0 Å². The molecule has 28 heavy (non-hydrogen) atoms. The molecule has 1 aliphatic carbocycles.